The summed E-state index contributed by atoms with van der Waals surface area (Å²) in [4.78, 5) is 11.4. The van der Waals surface area contributed by atoms with Crippen LogP contribution in [0, 0.1) is 11.3 Å². The predicted octanol–water partition coefficient (Wildman–Crippen LogP) is 1.22. The third kappa shape index (κ3) is 4.85. The molecule has 1 aromatic carbocycles. The Morgan fingerprint density at radius 1 is 1.35 bits per heavy atom. The quantitative estimate of drug-likeness (QED) is 0.893. The Kier molecular flexibility index (Phi) is 4.49. The van der Waals surface area contributed by atoms with Gasteiger partial charge in [-0.05, 0) is 24.3 Å². The monoisotopic (exact) mass is 272 g/mol. The number of nitrogens with zero attached hydrogens (tertiary/aromatic N) is 1. The van der Waals surface area contributed by atoms with Gasteiger partial charge in [-0.25, -0.2) is 8.42 Å². The van der Waals surface area contributed by atoms with Gasteiger partial charge in [-0.1, -0.05) is 11.6 Å². The molecular formula is C10H9ClN2O3S. The minimum atomic E-state index is -3.66. The maximum atomic E-state index is 11.4. The van der Waals surface area contributed by atoms with E-state index < -0.39 is 27.3 Å². The summed E-state index contributed by atoms with van der Waals surface area (Å²) in [6, 6.07) is 7.75. The Bertz CT molecular complexity index is 546. The second-order valence-corrected chi connectivity index (χ2v) is 5.75. The van der Waals surface area contributed by atoms with Gasteiger partial charge in [0.25, 0.3) is 0 Å². The first-order valence-corrected chi connectivity index (χ1v) is 6.76. The van der Waals surface area contributed by atoms with Gasteiger partial charge < -0.3 is 5.32 Å². The van der Waals surface area contributed by atoms with Crippen LogP contribution in [-0.2, 0) is 14.6 Å². The van der Waals surface area contributed by atoms with E-state index in [0.29, 0.717) is 10.7 Å². The molecule has 0 fully saturated rings. The number of nitrogens with one attached hydrogen (secondary N) is 1. The topological polar surface area (TPSA) is 87.0 Å². The lowest BCUT2D eigenvalue weighted by atomic mass is 10.3. The molecule has 0 aliphatic heterocycles. The lowest BCUT2D eigenvalue weighted by Crippen LogP contribution is -2.24. The number of benzene rings is 1. The number of hydrogen-bond acceptors (Lipinski definition) is 4. The number of hydrogen-bond donors (Lipinski definition) is 1. The number of nitriles is 1. The molecule has 0 aliphatic rings. The maximum absolute atomic E-state index is 11.4. The van der Waals surface area contributed by atoms with Gasteiger partial charge in [-0.3, -0.25) is 4.79 Å². The summed E-state index contributed by atoms with van der Waals surface area (Å²) in [5.74, 6) is -2.05. The lowest BCUT2D eigenvalue weighted by Gasteiger charge is -2.04. The largest absolute Gasteiger partial charge is 0.325 e. The van der Waals surface area contributed by atoms with Gasteiger partial charge in [-0.15, -0.1) is 0 Å². The van der Waals surface area contributed by atoms with Crippen LogP contribution in [0.5, 0.6) is 0 Å². The van der Waals surface area contributed by atoms with Crippen molar-refractivity contribution in [2.45, 2.75) is 0 Å². The Labute approximate surface area is 104 Å². The van der Waals surface area contributed by atoms with Crippen LogP contribution in [0.4, 0.5) is 5.69 Å². The number of carbonyl (C=O) groups excluding carboxylic acids is 1. The van der Waals surface area contributed by atoms with E-state index in [1.165, 1.54) is 6.07 Å². The number of halogens is 1. The third-order valence-corrected chi connectivity index (χ3v) is 3.29. The number of rotatable bonds is 4. The van der Waals surface area contributed by atoms with Crippen LogP contribution in [0.25, 0.3) is 0 Å². The first kappa shape index (κ1) is 13.5. The summed E-state index contributed by atoms with van der Waals surface area (Å²) >= 11 is 5.65. The van der Waals surface area contributed by atoms with Crippen molar-refractivity contribution < 1.29 is 13.2 Å². The Morgan fingerprint density at radius 3 is 2.47 bits per heavy atom. The summed E-state index contributed by atoms with van der Waals surface area (Å²) in [6.45, 7) is 0. The number of amides is 1. The molecule has 1 N–H and O–H groups in total. The van der Waals surface area contributed by atoms with Crippen molar-refractivity contribution >= 4 is 33.0 Å². The minimum absolute atomic E-state index is 0.451. The first-order chi connectivity index (χ1) is 7.93. The average Bonchev–Trinajstić information content (AvgIpc) is 2.20. The minimum Gasteiger partial charge on any atom is -0.325 e. The molecule has 0 saturated carbocycles. The molecule has 0 heterocycles. The molecule has 0 radical (unpaired) electrons. The van der Waals surface area contributed by atoms with Crippen LogP contribution in [0.2, 0.25) is 5.02 Å². The van der Waals surface area contributed by atoms with Gasteiger partial charge >= 0.3 is 0 Å². The second kappa shape index (κ2) is 5.66. The highest BCUT2D eigenvalue weighted by Gasteiger charge is 2.16. The van der Waals surface area contributed by atoms with Gasteiger partial charge in [0.1, 0.15) is 11.5 Å². The third-order valence-electron chi connectivity index (χ3n) is 1.76. The molecule has 0 aliphatic carbocycles. The van der Waals surface area contributed by atoms with E-state index in [9.17, 15) is 13.2 Å². The maximum Gasteiger partial charge on any atom is 0.239 e. The van der Waals surface area contributed by atoms with E-state index in [-0.39, 0.29) is 0 Å². The smallest absolute Gasteiger partial charge is 0.239 e. The predicted molar refractivity (Wildman–Crippen MR) is 64.3 cm³/mol. The molecule has 5 nitrogen and oxygen atoms in total. The lowest BCUT2D eigenvalue weighted by molar-refractivity contribution is -0.113. The van der Waals surface area contributed by atoms with Crippen molar-refractivity contribution in [1.29, 1.82) is 5.26 Å². The van der Waals surface area contributed by atoms with Gasteiger partial charge in [0, 0.05) is 10.7 Å². The van der Waals surface area contributed by atoms with E-state index >= 15 is 0 Å². The Balaban J connectivity index is 2.62. The fourth-order valence-electron chi connectivity index (χ4n) is 1.08. The van der Waals surface area contributed by atoms with E-state index in [4.69, 9.17) is 16.9 Å². The molecule has 90 valence electrons. The Morgan fingerprint density at radius 2 is 1.94 bits per heavy atom. The molecule has 0 saturated heterocycles. The van der Waals surface area contributed by atoms with Crippen molar-refractivity contribution in [3.8, 4) is 6.07 Å². The SMILES string of the molecule is N#CCS(=O)(=O)CC(=O)Nc1ccc(Cl)cc1. The normalized spacial score (nSPS) is 10.6. The van der Waals surface area contributed by atoms with Crippen LogP contribution < -0.4 is 5.32 Å². The Hall–Kier alpha value is -1.58. The molecule has 7 heteroatoms. The van der Waals surface area contributed by atoms with Crippen LogP contribution >= 0.6 is 11.6 Å². The van der Waals surface area contributed by atoms with Gasteiger partial charge in [0.15, 0.2) is 9.84 Å². The van der Waals surface area contributed by atoms with Crippen LogP contribution in [0.1, 0.15) is 0 Å². The van der Waals surface area contributed by atoms with E-state index in [1.54, 1.807) is 24.3 Å². The van der Waals surface area contributed by atoms with Crippen molar-refractivity contribution in [3.05, 3.63) is 29.3 Å². The summed E-state index contributed by atoms with van der Waals surface area (Å²) in [5.41, 5.74) is 0.451. The fourth-order valence-corrected chi connectivity index (χ4v) is 1.98. The van der Waals surface area contributed by atoms with Gasteiger partial charge in [0.2, 0.25) is 5.91 Å². The molecule has 0 bridgehead atoms. The number of carbonyl (C=O) groups is 1. The standard InChI is InChI=1S/C10H9ClN2O3S/c11-8-1-3-9(4-2-8)13-10(14)7-17(15,16)6-5-12/h1-4H,6-7H2,(H,13,14). The zero-order chi connectivity index (χ0) is 12.9. The molecule has 1 rings (SSSR count). The first-order valence-electron chi connectivity index (χ1n) is 4.56. The van der Waals surface area contributed by atoms with Crippen molar-refractivity contribution in [3.63, 3.8) is 0 Å². The number of sulfone groups is 1. The highest BCUT2D eigenvalue weighted by atomic mass is 35.5. The molecule has 0 unspecified atom stereocenters. The fraction of sp³-hybridized carbons (Fsp3) is 0.200. The highest BCUT2D eigenvalue weighted by Crippen LogP contribution is 2.13. The van der Waals surface area contributed by atoms with Gasteiger partial charge in [0.05, 0.1) is 6.07 Å². The van der Waals surface area contributed by atoms with Crippen LogP contribution in [-0.4, -0.2) is 25.8 Å². The molecule has 0 aromatic heterocycles. The molecular weight excluding hydrogens is 264 g/mol. The molecule has 1 aromatic rings. The van der Waals surface area contributed by atoms with Crippen molar-refractivity contribution in [1.82, 2.24) is 0 Å². The second-order valence-electron chi connectivity index (χ2n) is 3.25. The number of anilines is 1. The summed E-state index contributed by atoms with van der Waals surface area (Å²) in [7, 11) is -3.66. The van der Waals surface area contributed by atoms with Crippen LogP contribution in [0.3, 0.4) is 0 Å². The van der Waals surface area contributed by atoms with Crippen LogP contribution in [0.15, 0.2) is 24.3 Å². The van der Waals surface area contributed by atoms with E-state index in [2.05, 4.69) is 5.32 Å². The molecule has 0 atom stereocenters. The summed E-state index contributed by atoms with van der Waals surface area (Å²) in [5, 5.41) is 11.2. The zero-order valence-electron chi connectivity index (χ0n) is 8.68. The molecule has 1 amide bonds. The van der Waals surface area contributed by atoms with Crippen molar-refractivity contribution in [2.75, 3.05) is 16.8 Å². The van der Waals surface area contributed by atoms with E-state index in [1.807, 2.05) is 0 Å². The summed E-state index contributed by atoms with van der Waals surface area (Å²) in [6.07, 6.45) is 0. The zero-order valence-corrected chi connectivity index (χ0v) is 10.3. The average molecular weight is 273 g/mol. The highest BCUT2D eigenvalue weighted by molar-refractivity contribution is 7.92. The molecule has 17 heavy (non-hydrogen) atoms. The molecule has 0 spiro atoms. The van der Waals surface area contributed by atoms with E-state index in [0.717, 1.165) is 0 Å². The van der Waals surface area contributed by atoms with Gasteiger partial charge in [-0.2, -0.15) is 5.26 Å². The summed E-state index contributed by atoms with van der Waals surface area (Å²) < 4.78 is 22.4. The van der Waals surface area contributed by atoms with Crippen molar-refractivity contribution in [2.24, 2.45) is 0 Å².